The topological polar surface area (TPSA) is 37.8 Å². The molecule has 1 aliphatic rings. The highest BCUT2D eigenvalue weighted by Crippen LogP contribution is 2.43. The molecule has 1 fully saturated rings. The smallest absolute Gasteiger partial charge is 0.138 e. The highest BCUT2D eigenvalue weighted by Gasteiger charge is 2.38. The number of thiophene rings is 1. The SMILES string of the molecule is c1ccc(C2(CNc3ncnc4sccc34)CCC2)cc1. The molecule has 0 bridgehead atoms. The first-order valence-corrected chi connectivity index (χ1v) is 8.23. The Hall–Kier alpha value is -1.94. The van der Waals surface area contributed by atoms with Gasteiger partial charge in [0.15, 0.2) is 0 Å². The van der Waals surface area contributed by atoms with Crippen molar-refractivity contribution in [2.75, 3.05) is 11.9 Å². The van der Waals surface area contributed by atoms with E-state index in [9.17, 15) is 0 Å². The highest BCUT2D eigenvalue weighted by molar-refractivity contribution is 7.16. The zero-order chi connectivity index (χ0) is 14.1. The minimum atomic E-state index is 0.272. The van der Waals surface area contributed by atoms with Crippen molar-refractivity contribution in [2.24, 2.45) is 0 Å². The zero-order valence-corrected chi connectivity index (χ0v) is 12.6. The van der Waals surface area contributed by atoms with Crippen molar-refractivity contribution in [2.45, 2.75) is 24.7 Å². The molecule has 1 saturated carbocycles. The van der Waals surface area contributed by atoms with Gasteiger partial charge in [0, 0.05) is 12.0 Å². The van der Waals surface area contributed by atoms with Crippen LogP contribution in [0.25, 0.3) is 10.2 Å². The number of rotatable bonds is 4. The van der Waals surface area contributed by atoms with Gasteiger partial charge in [0.05, 0.1) is 5.39 Å². The Balaban J connectivity index is 1.60. The number of nitrogens with zero attached hydrogens (tertiary/aromatic N) is 2. The predicted molar refractivity (Wildman–Crippen MR) is 87.9 cm³/mol. The van der Waals surface area contributed by atoms with Crippen LogP contribution in [-0.4, -0.2) is 16.5 Å². The van der Waals surface area contributed by atoms with Crippen LogP contribution in [0, 0.1) is 0 Å². The normalized spacial score (nSPS) is 16.6. The van der Waals surface area contributed by atoms with Gasteiger partial charge in [-0.15, -0.1) is 11.3 Å². The van der Waals surface area contributed by atoms with Gasteiger partial charge in [-0.3, -0.25) is 0 Å². The minimum Gasteiger partial charge on any atom is -0.369 e. The van der Waals surface area contributed by atoms with E-state index in [0.29, 0.717) is 0 Å². The molecule has 3 nitrogen and oxygen atoms in total. The van der Waals surface area contributed by atoms with E-state index in [4.69, 9.17) is 0 Å². The summed E-state index contributed by atoms with van der Waals surface area (Å²) in [5, 5.41) is 6.77. The van der Waals surface area contributed by atoms with Crippen LogP contribution in [0.4, 0.5) is 5.82 Å². The van der Waals surface area contributed by atoms with E-state index in [0.717, 1.165) is 22.6 Å². The first kappa shape index (κ1) is 12.8. The van der Waals surface area contributed by atoms with Gasteiger partial charge in [-0.1, -0.05) is 36.8 Å². The van der Waals surface area contributed by atoms with Crippen LogP contribution >= 0.6 is 11.3 Å². The maximum absolute atomic E-state index is 4.42. The summed E-state index contributed by atoms with van der Waals surface area (Å²) >= 11 is 1.66. The van der Waals surface area contributed by atoms with Crippen molar-refractivity contribution in [3.05, 3.63) is 53.7 Å². The quantitative estimate of drug-likeness (QED) is 0.783. The second-order valence-corrected chi connectivity index (χ2v) is 6.61. The molecule has 0 unspecified atom stereocenters. The third-order valence-electron chi connectivity index (χ3n) is 4.55. The summed E-state index contributed by atoms with van der Waals surface area (Å²) in [5.74, 6) is 0.962. The molecule has 21 heavy (non-hydrogen) atoms. The average molecular weight is 295 g/mol. The Labute approximate surface area is 128 Å². The number of hydrogen-bond acceptors (Lipinski definition) is 4. The molecule has 0 amide bonds. The number of fused-ring (bicyclic) bond motifs is 1. The van der Waals surface area contributed by atoms with Gasteiger partial charge in [0.1, 0.15) is 17.0 Å². The van der Waals surface area contributed by atoms with Gasteiger partial charge < -0.3 is 5.32 Å². The van der Waals surface area contributed by atoms with Crippen LogP contribution in [0.15, 0.2) is 48.1 Å². The standard InChI is InChI=1S/C17H17N3S/c1-2-5-13(6-3-1)17(8-4-9-17)11-18-15-14-7-10-21-16(14)20-12-19-15/h1-3,5-7,10,12H,4,8-9,11H2,(H,18,19,20). The molecule has 4 heteroatoms. The average Bonchev–Trinajstić information content (AvgIpc) is 2.96. The van der Waals surface area contributed by atoms with Crippen LogP contribution in [-0.2, 0) is 5.41 Å². The zero-order valence-electron chi connectivity index (χ0n) is 11.7. The van der Waals surface area contributed by atoms with Crippen molar-refractivity contribution in [1.82, 2.24) is 9.97 Å². The summed E-state index contributed by atoms with van der Waals surface area (Å²) in [6, 6.07) is 13.0. The summed E-state index contributed by atoms with van der Waals surface area (Å²) in [7, 11) is 0. The third-order valence-corrected chi connectivity index (χ3v) is 5.37. The van der Waals surface area contributed by atoms with Crippen molar-refractivity contribution < 1.29 is 0 Å². The number of aromatic nitrogens is 2. The summed E-state index contributed by atoms with van der Waals surface area (Å²) in [6.07, 6.45) is 5.47. The van der Waals surface area contributed by atoms with Crippen LogP contribution < -0.4 is 5.32 Å². The summed E-state index contributed by atoms with van der Waals surface area (Å²) in [5.41, 5.74) is 1.72. The fraction of sp³-hybridized carbons (Fsp3) is 0.294. The number of anilines is 1. The Morgan fingerprint density at radius 3 is 2.71 bits per heavy atom. The molecule has 3 aromatic rings. The molecule has 2 heterocycles. The van der Waals surface area contributed by atoms with Crippen molar-refractivity contribution in [3.8, 4) is 0 Å². The van der Waals surface area contributed by atoms with E-state index in [1.807, 2.05) is 0 Å². The molecule has 1 aliphatic carbocycles. The maximum atomic E-state index is 4.42. The van der Waals surface area contributed by atoms with E-state index < -0.39 is 0 Å². The minimum absolute atomic E-state index is 0.272. The van der Waals surface area contributed by atoms with Gasteiger partial charge in [-0.25, -0.2) is 9.97 Å². The van der Waals surface area contributed by atoms with E-state index >= 15 is 0 Å². The van der Waals surface area contributed by atoms with E-state index in [2.05, 4.69) is 57.1 Å². The molecule has 1 aromatic carbocycles. The molecule has 4 rings (SSSR count). The molecule has 0 radical (unpaired) electrons. The Bertz CT molecular complexity index is 747. The lowest BCUT2D eigenvalue weighted by Crippen LogP contribution is -2.41. The number of benzene rings is 1. The third kappa shape index (κ3) is 2.20. The van der Waals surface area contributed by atoms with Crippen LogP contribution in [0.5, 0.6) is 0 Å². The van der Waals surface area contributed by atoms with Gasteiger partial charge in [0.2, 0.25) is 0 Å². The highest BCUT2D eigenvalue weighted by atomic mass is 32.1. The molecule has 0 atom stereocenters. The largest absolute Gasteiger partial charge is 0.369 e. The van der Waals surface area contributed by atoms with E-state index in [1.54, 1.807) is 17.7 Å². The second kappa shape index (κ2) is 5.11. The summed E-state index contributed by atoms with van der Waals surface area (Å²) < 4.78 is 0. The van der Waals surface area contributed by atoms with Crippen molar-refractivity contribution in [1.29, 1.82) is 0 Å². The van der Waals surface area contributed by atoms with E-state index in [-0.39, 0.29) is 5.41 Å². The lowest BCUT2D eigenvalue weighted by molar-refractivity contribution is 0.260. The molecule has 0 spiro atoms. The van der Waals surface area contributed by atoms with Crippen LogP contribution in [0.2, 0.25) is 0 Å². The molecule has 2 aromatic heterocycles. The first-order valence-electron chi connectivity index (χ1n) is 7.35. The Morgan fingerprint density at radius 1 is 1.10 bits per heavy atom. The lowest BCUT2D eigenvalue weighted by atomic mass is 9.64. The second-order valence-electron chi connectivity index (χ2n) is 5.72. The number of hydrogen-bond donors (Lipinski definition) is 1. The van der Waals surface area contributed by atoms with Crippen LogP contribution in [0.3, 0.4) is 0 Å². The molecule has 0 aliphatic heterocycles. The molecular weight excluding hydrogens is 278 g/mol. The monoisotopic (exact) mass is 295 g/mol. The van der Waals surface area contributed by atoms with Gasteiger partial charge >= 0.3 is 0 Å². The van der Waals surface area contributed by atoms with Crippen LogP contribution in [0.1, 0.15) is 24.8 Å². The van der Waals surface area contributed by atoms with Gasteiger partial charge in [-0.2, -0.15) is 0 Å². The summed E-state index contributed by atoms with van der Waals surface area (Å²) in [6.45, 7) is 0.943. The maximum Gasteiger partial charge on any atom is 0.138 e. The molecular formula is C17H17N3S. The Morgan fingerprint density at radius 2 is 1.95 bits per heavy atom. The van der Waals surface area contributed by atoms with E-state index in [1.165, 1.54) is 24.8 Å². The molecule has 106 valence electrons. The lowest BCUT2D eigenvalue weighted by Gasteiger charge is -2.42. The fourth-order valence-electron chi connectivity index (χ4n) is 3.15. The molecule has 1 N–H and O–H groups in total. The Kier molecular flexibility index (Phi) is 3.11. The van der Waals surface area contributed by atoms with Crippen molar-refractivity contribution in [3.63, 3.8) is 0 Å². The van der Waals surface area contributed by atoms with Gasteiger partial charge in [0.25, 0.3) is 0 Å². The summed E-state index contributed by atoms with van der Waals surface area (Å²) in [4.78, 5) is 9.78. The van der Waals surface area contributed by atoms with Crippen molar-refractivity contribution >= 4 is 27.4 Å². The predicted octanol–water partition coefficient (Wildman–Crippen LogP) is 4.23. The number of nitrogens with one attached hydrogen (secondary N) is 1. The fourth-order valence-corrected chi connectivity index (χ4v) is 3.88. The molecule has 0 saturated heterocycles. The first-order chi connectivity index (χ1) is 10.4. The van der Waals surface area contributed by atoms with Gasteiger partial charge in [-0.05, 0) is 29.9 Å².